The van der Waals surface area contributed by atoms with Gasteiger partial charge in [0.2, 0.25) is 5.91 Å². The average molecular weight is 330 g/mol. The van der Waals surface area contributed by atoms with Gasteiger partial charge in [-0.15, -0.1) is 0 Å². The lowest BCUT2D eigenvalue weighted by Gasteiger charge is -2.27. The van der Waals surface area contributed by atoms with Crippen molar-refractivity contribution in [1.82, 2.24) is 25.0 Å². The molecule has 7 nitrogen and oxygen atoms in total. The van der Waals surface area contributed by atoms with Gasteiger partial charge >= 0.3 is 0 Å². The molecular weight excluding hydrogens is 304 g/mol. The molecule has 1 saturated carbocycles. The van der Waals surface area contributed by atoms with Crippen molar-refractivity contribution in [1.29, 1.82) is 5.26 Å². The first-order valence-corrected chi connectivity index (χ1v) is 8.86. The first-order valence-electron chi connectivity index (χ1n) is 8.86. The van der Waals surface area contributed by atoms with Crippen molar-refractivity contribution >= 4 is 5.91 Å². The van der Waals surface area contributed by atoms with Gasteiger partial charge in [0.25, 0.3) is 0 Å². The minimum atomic E-state index is -0.633. The highest BCUT2D eigenvalue weighted by Gasteiger charge is 2.36. The van der Waals surface area contributed by atoms with Crippen LogP contribution in [-0.2, 0) is 11.3 Å². The van der Waals surface area contributed by atoms with Gasteiger partial charge in [-0.2, -0.15) is 10.4 Å². The van der Waals surface area contributed by atoms with E-state index < -0.39 is 5.54 Å². The Balaban J connectivity index is 1.58. The monoisotopic (exact) mass is 330 g/mol. The van der Waals surface area contributed by atoms with Gasteiger partial charge in [-0.1, -0.05) is 0 Å². The van der Waals surface area contributed by atoms with Crippen LogP contribution in [0.15, 0.2) is 0 Å². The summed E-state index contributed by atoms with van der Waals surface area (Å²) >= 11 is 0. The van der Waals surface area contributed by atoms with Gasteiger partial charge < -0.3 is 5.32 Å². The van der Waals surface area contributed by atoms with E-state index in [2.05, 4.69) is 26.4 Å². The molecule has 2 heterocycles. The number of carbonyl (C=O) groups excluding carboxylic acids is 1. The van der Waals surface area contributed by atoms with Crippen LogP contribution in [0.5, 0.6) is 0 Å². The maximum Gasteiger partial charge on any atom is 0.235 e. The number of nitrogens with zero attached hydrogens (tertiary/aromatic N) is 5. The second-order valence-corrected chi connectivity index (χ2v) is 7.10. The molecule has 0 aromatic carbocycles. The molecule has 3 rings (SSSR count). The molecule has 1 unspecified atom stereocenters. The maximum atomic E-state index is 12.4. The topological polar surface area (TPSA) is 86.8 Å². The summed E-state index contributed by atoms with van der Waals surface area (Å²) in [5, 5.41) is 16.8. The van der Waals surface area contributed by atoms with Crippen molar-refractivity contribution in [3.63, 3.8) is 0 Å². The molecule has 1 aromatic rings. The van der Waals surface area contributed by atoms with Crippen LogP contribution < -0.4 is 5.32 Å². The molecule has 0 spiro atoms. The van der Waals surface area contributed by atoms with Crippen LogP contribution in [0, 0.1) is 25.2 Å². The number of amides is 1. The summed E-state index contributed by atoms with van der Waals surface area (Å²) in [5.74, 6) is 1.67. The van der Waals surface area contributed by atoms with Crippen LogP contribution in [0.4, 0.5) is 0 Å². The Morgan fingerprint density at radius 2 is 2.12 bits per heavy atom. The first-order chi connectivity index (χ1) is 11.5. The fourth-order valence-electron chi connectivity index (χ4n) is 3.98. The third-order valence-corrected chi connectivity index (χ3v) is 5.24. The van der Waals surface area contributed by atoms with E-state index in [1.165, 1.54) is 0 Å². The molecule has 1 saturated heterocycles. The highest BCUT2D eigenvalue weighted by Crippen LogP contribution is 2.29. The third kappa shape index (κ3) is 3.59. The van der Waals surface area contributed by atoms with Crippen LogP contribution in [0.3, 0.4) is 0 Å². The van der Waals surface area contributed by atoms with Crippen molar-refractivity contribution < 1.29 is 4.79 Å². The second kappa shape index (κ2) is 6.89. The van der Waals surface area contributed by atoms with E-state index in [1.54, 1.807) is 0 Å². The smallest absolute Gasteiger partial charge is 0.235 e. The van der Waals surface area contributed by atoms with Crippen LogP contribution in [-0.4, -0.2) is 50.2 Å². The van der Waals surface area contributed by atoms with E-state index in [4.69, 9.17) is 0 Å². The van der Waals surface area contributed by atoms with E-state index in [9.17, 15) is 10.1 Å². The largest absolute Gasteiger partial charge is 0.337 e. The van der Waals surface area contributed by atoms with Crippen molar-refractivity contribution in [3.05, 3.63) is 11.6 Å². The Morgan fingerprint density at radius 3 is 2.75 bits per heavy atom. The van der Waals surface area contributed by atoms with Gasteiger partial charge in [0.05, 0.1) is 19.2 Å². The molecule has 1 aliphatic heterocycles. The predicted molar refractivity (Wildman–Crippen MR) is 89.0 cm³/mol. The summed E-state index contributed by atoms with van der Waals surface area (Å²) < 4.78 is 1.93. The standard InChI is InChI=1S/C17H26N6O/c1-13-19-14(2)23(21-13)10-15-6-5-9-22(15)11-16(24)20-17(12-18)7-3-4-8-17/h15H,3-11H2,1-2H3,(H,20,24). The van der Waals surface area contributed by atoms with Crippen LogP contribution in [0.25, 0.3) is 0 Å². The molecule has 1 N–H and O–H groups in total. The Morgan fingerprint density at radius 1 is 1.38 bits per heavy atom. The average Bonchev–Trinajstić information content (AvgIpc) is 3.23. The van der Waals surface area contributed by atoms with Gasteiger partial charge in [-0.25, -0.2) is 9.67 Å². The summed E-state index contributed by atoms with van der Waals surface area (Å²) in [7, 11) is 0. The van der Waals surface area contributed by atoms with Gasteiger partial charge in [0, 0.05) is 6.04 Å². The number of nitriles is 1. The summed E-state index contributed by atoms with van der Waals surface area (Å²) in [4.78, 5) is 19.0. The molecule has 2 aliphatic rings. The predicted octanol–water partition coefficient (Wildman–Crippen LogP) is 1.31. The second-order valence-electron chi connectivity index (χ2n) is 7.10. The zero-order valence-corrected chi connectivity index (χ0v) is 14.6. The molecule has 1 aromatic heterocycles. The van der Waals surface area contributed by atoms with E-state index in [0.717, 1.165) is 63.3 Å². The van der Waals surface area contributed by atoms with Gasteiger partial charge in [0.15, 0.2) is 0 Å². The fourth-order valence-corrected chi connectivity index (χ4v) is 3.98. The SMILES string of the molecule is Cc1nc(C)n(CC2CCCN2CC(=O)NC2(C#N)CCCC2)n1. The molecular formula is C17H26N6O. The Labute approximate surface area is 143 Å². The molecule has 1 atom stereocenters. The molecule has 0 bridgehead atoms. The number of aryl methyl sites for hydroxylation is 2. The van der Waals surface area contributed by atoms with E-state index in [-0.39, 0.29) is 5.91 Å². The lowest BCUT2D eigenvalue weighted by atomic mass is 10.00. The zero-order chi connectivity index (χ0) is 17.2. The Kier molecular flexibility index (Phi) is 4.86. The van der Waals surface area contributed by atoms with Crippen molar-refractivity contribution in [2.24, 2.45) is 0 Å². The minimum Gasteiger partial charge on any atom is -0.337 e. The quantitative estimate of drug-likeness (QED) is 0.879. The van der Waals surface area contributed by atoms with Gasteiger partial charge in [-0.05, 0) is 58.9 Å². The summed E-state index contributed by atoms with van der Waals surface area (Å²) in [6.07, 6.45) is 5.74. The van der Waals surface area contributed by atoms with Crippen molar-refractivity contribution in [2.75, 3.05) is 13.1 Å². The van der Waals surface area contributed by atoms with E-state index >= 15 is 0 Å². The number of carbonyl (C=O) groups is 1. The molecule has 7 heteroatoms. The summed E-state index contributed by atoms with van der Waals surface area (Å²) in [6.45, 7) is 5.91. The summed E-state index contributed by atoms with van der Waals surface area (Å²) in [6, 6.07) is 2.62. The number of rotatable bonds is 5. The molecule has 2 fully saturated rings. The van der Waals surface area contributed by atoms with Gasteiger partial charge in [-0.3, -0.25) is 9.69 Å². The fraction of sp³-hybridized carbons (Fsp3) is 0.765. The minimum absolute atomic E-state index is 0.0307. The highest BCUT2D eigenvalue weighted by molar-refractivity contribution is 5.79. The molecule has 1 aliphatic carbocycles. The lowest BCUT2D eigenvalue weighted by molar-refractivity contribution is -0.123. The number of likely N-dealkylation sites (tertiary alicyclic amines) is 1. The van der Waals surface area contributed by atoms with Crippen LogP contribution >= 0.6 is 0 Å². The van der Waals surface area contributed by atoms with Crippen molar-refractivity contribution in [3.8, 4) is 6.07 Å². The highest BCUT2D eigenvalue weighted by atomic mass is 16.2. The van der Waals surface area contributed by atoms with Crippen molar-refractivity contribution in [2.45, 2.75) is 70.5 Å². The number of aromatic nitrogens is 3. The normalized spacial score (nSPS) is 23.3. The van der Waals surface area contributed by atoms with Crippen LogP contribution in [0.1, 0.15) is 50.2 Å². The number of nitrogens with one attached hydrogen (secondary N) is 1. The number of hydrogen-bond donors (Lipinski definition) is 1. The Bertz CT molecular complexity index is 640. The Hall–Kier alpha value is -1.94. The first kappa shape index (κ1) is 16.9. The van der Waals surface area contributed by atoms with Gasteiger partial charge in [0.1, 0.15) is 17.2 Å². The van der Waals surface area contributed by atoms with Crippen LogP contribution in [0.2, 0.25) is 0 Å². The van der Waals surface area contributed by atoms with E-state index in [0.29, 0.717) is 12.6 Å². The zero-order valence-electron chi connectivity index (χ0n) is 14.6. The third-order valence-electron chi connectivity index (χ3n) is 5.24. The molecule has 24 heavy (non-hydrogen) atoms. The lowest BCUT2D eigenvalue weighted by Crippen LogP contribution is -2.50. The summed E-state index contributed by atoms with van der Waals surface area (Å²) in [5.41, 5.74) is -0.633. The number of hydrogen-bond acceptors (Lipinski definition) is 5. The molecule has 130 valence electrons. The van der Waals surface area contributed by atoms with E-state index in [1.807, 2.05) is 18.5 Å². The molecule has 1 amide bonds. The molecule has 0 radical (unpaired) electrons. The maximum absolute atomic E-state index is 12.4.